The molecule has 0 saturated carbocycles. The average Bonchev–Trinajstić information content (AvgIpc) is 2.96. The maximum atomic E-state index is 13.0. The van der Waals surface area contributed by atoms with E-state index in [2.05, 4.69) is 20.1 Å². The third-order valence-corrected chi connectivity index (χ3v) is 5.21. The molecule has 0 saturated heterocycles. The summed E-state index contributed by atoms with van der Waals surface area (Å²) in [7, 11) is 0. The number of nitrogens with zero attached hydrogens (tertiary/aromatic N) is 3. The predicted molar refractivity (Wildman–Crippen MR) is 112 cm³/mol. The summed E-state index contributed by atoms with van der Waals surface area (Å²) in [5, 5.41) is 12.1. The maximum Gasteiger partial charge on any atom is 0.248 e. The second-order valence-electron chi connectivity index (χ2n) is 6.97. The van der Waals surface area contributed by atoms with Gasteiger partial charge in [-0.15, -0.1) is 10.2 Å². The van der Waals surface area contributed by atoms with Crippen LogP contribution in [-0.4, -0.2) is 20.7 Å². The van der Waals surface area contributed by atoms with E-state index in [1.807, 2.05) is 6.07 Å². The number of hydrogen-bond acceptors (Lipinski definition) is 3. The van der Waals surface area contributed by atoms with Gasteiger partial charge in [0.15, 0.2) is 5.82 Å². The van der Waals surface area contributed by atoms with Crippen LogP contribution in [0, 0.1) is 5.82 Å². The molecule has 0 bridgehead atoms. The van der Waals surface area contributed by atoms with Crippen LogP contribution in [0.5, 0.6) is 0 Å². The van der Waals surface area contributed by atoms with Crippen molar-refractivity contribution in [3.05, 3.63) is 70.8 Å². The zero-order chi connectivity index (χ0) is 20.2. The van der Waals surface area contributed by atoms with Crippen molar-refractivity contribution in [1.29, 1.82) is 0 Å². The molecule has 4 rings (SSSR count). The maximum absolute atomic E-state index is 13.0. The fourth-order valence-corrected chi connectivity index (χ4v) is 3.59. The second kappa shape index (κ2) is 8.57. The van der Waals surface area contributed by atoms with E-state index in [4.69, 9.17) is 11.6 Å². The van der Waals surface area contributed by atoms with Crippen molar-refractivity contribution in [2.24, 2.45) is 0 Å². The first-order valence-corrected chi connectivity index (χ1v) is 9.94. The van der Waals surface area contributed by atoms with E-state index in [9.17, 15) is 9.18 Å². The molecule has 0 fully saturated rings. The highest BCUT2D eigenvalue weighted by molar-refractivity contribution is 6.33. The van der Waals surface area contributed by atoms with Crippen LogP contribution >= 0.6 is 11.6 Å². The zero-order valence-corrected chi connectivity index (χ0v) is 16.5. The predicted octanol–water partition coefficient (Wildman–Crippen LogP) is 5.12. The average molecular weight is 411 g/mol. The first kappa shape index (κ1) is 19.3. The molecule has 2 aromatic carbocycles. The Morgan fingerprint density at radius 2 is 1.93 bits per heavy atom. The summed E-state index contributed by atoms with van der Waals surface area (Å²) in [5.74, 6) is 1.10. The number of hydrogen-bond donors (Lipinski definition) is 1. The Morgan fingerprint density at radius 3 is 2.76 bits per heavy atom. The highest BCUT2D eigenvalue weighted by Gasteiger charge is 2.18. The van der Waals surface area contributed by atoms with Crippen molar-refractivity contribution >= 4 is 29.3 Å². The van der Waals surface area contributed by atoms with Gasteiger partial charge in [0.05, 0.1) is 5.02 Å². The summed E-state index contributed by atoms with van der Waals surface area (Å²) in [4.78, 5) is 12.3. The number of aromatic nitrogens is 3. The first-order valence-electron chi connectivity index (χ1n) is 9.57. The van der Waals surface area contributed by atoms with Crippen LogP contribution in [0.2, 0.25) is 5.02 Å². The highest BCUT2D eigenvalue weighted by atomic mass is 35.5. The molecule has 0 aliphatic carbocycles. The lowest BCUT2D eigenvalue weighted by Crippen LogP contribution is -2.08. The van der Waals surface area contributed by atoms with E-state index in [0.717, 1.165) is 48.6 Å². The number of nitrogens with one attached hydrogen (secondary N) is 1. The molecule has 1 aliphatic heterocycles. The van der Waals surface area contributed by atoms with Crippen molar-refractivity contribution < 1.29 is 9.18 Å². The fourth-order valence-electron chi connectivity index (χ4n) is 3.39. The van der Waals surface area contributed by atoms with Gasteiger partial charge < -0.3 is 9.88 Å². The molecular formula is C22H20ClFN4O. The molecule has 0 spiro atoms. The molecule has 5 nitrogen and oxygen atoms in total. The van der Waals surface area contributed by atoms with Gasteiger partial charge in [-0.1, -0.05) is 30.2 Å². The molecule has 148 valence electrons. The summed E-state index contributed by atoms with van der Waals surface area (Å²) in [6.45, 7) is 0.866. The minimum absolute atomic E-state index is 0.289. The van der Waals surface area contributed by atoms with Gasteiger partial charge in [-0.2, -0.15) is 0 Å². The highest BCUT2D eigenvalue weighted by Crippen LogP contribution is 2.31. The Morgan fingerprint density at radius 1 is 1.10 bits per heavy atom. The van der Waals surface area contributed by atoms with Crippen LogP contribution in [0.4, 0.5) is 10.1 Å². The van der Waals surface area contributed by atoms with Crippen LogP contribution in [0.25, 0.3) is 17.5 Å². The molecule has 0 radical (unpaired) electrons. The molecule has 1 aromatic heterocycles. The quantitative estimate of drug-likeness (QED) is 0.607. The SMILES string of the molecule is O=C(/C=C/c1ccc(F)cc1)Nc1ccc(Cl)c(-c2nnc3n2CCCCC3)c1. The largest absolute Gasteiger partial charge is 0.322 e. The topological polar surface area (TPSA) is 59.8 Å². The lowest BCUT2D eigenvalue weighted by Gasteiger charge is -2.10. The Balaban J connectivity index is 1.54. The van der Waals surface area contributed by atoms with Crippen molar-refractivity contribution in [2.75, 3.05) is 5.32 Å². The van der Waals surface area contributed by atoms with Crippen LogP contribution in [0.3, 0.4) is 0 Å². The first-order chi connectivity index (χ1) is 14.1. The number of fused-ring (bicyclic) bond motifs is 1. The number of carbonyl (C=O) groups is 1. The van der Waals surface area contributed by atoms with Gasteiger partial charge in [0.25, 0.3) is 0 Å². The van der Waals surface area contributed by atoms with Crippen molar-refractivity contribution in [1.82, 2.24) is 14.8 Å². The van der Waals surface area contributed by atoms with Crippen LogP contribution in [0.15, 0.2) is 48.5 Å². The third kappa shape index (κ3) is 4.54. The molecule has 2 heterocycles. The minimum atomic E-state index is -0.313. The van der Waals surface area contributed by atoms with Gasteiger partial charge in [-0.3, -0.25) is 4.79 Å². The number of benzene rings is 2. The molecule has 1 N–H and O–H groups in total. The van der Waals surface area contributed by atoms with Crippen molar-refractivity contribution in [3.63, 3.8) is 0 Å². The number of anilines is 1. The number of rotatable bonds is 4. The van der Waals surface area contributed by atoms with Gasteiger partial charge in [0.2, 0.25) is 5.91 Å². The molecule has 0 atom stereocenters. The molecule has 0 unspecified atom stereocenters. The number of aryl methyl sites for hydroxylation is 1. The van der Waals surface area contributed by atoms with Crippen LogP contribution in [0.1, 0.15) is 30.7 Å². The van der Waals surface area contributed by atoms with Crippen LogP contribution in [-0.2, 0) is 17.8 Å². The van der Waals surface area contributed by atoms with E-state index in [-0.39, 0.29) is 11.7 Å². The smallest absolute Gasteiger partial charge is 0.248 e. The normalized spacial score (nSPS) is 13.9. The Bertz CT molecular complexity index is 1060. The summed E-state index contributed by atoms with van der Waals surface area (Å²) in [5.41, 5.74) is 2.10. The molecule has 1 aliphatic rings. The Hall–Kier alpha value is -2.99. The minimum Gasteiger partial charge on any atom is -0.322 e. The lowest BCUT2D eigenvalue weighted by atomic mass is 10.1. The Kier molecular flexibility index (Phi) is 5.71. The van der Waals surface area contributed by atoms with Gasteiger partial charge in [-0.05, 0) is 54.8 Å². The van der Waals surface area contributed by atoms with Crippen molar-refractivity contribution in [3.8, 4) is 11.4 Å². The second-order valence-corrected chi connectivity index (χ2v) is 7.38. The van der Waals surface area contributed by atoms with Gasteiger partial charge in [0, 0.05) is 30.3 Å². The summed E-state index contributed by atoms with van der Waals surface area (Å²) >= 11 is 6.42. The van der Waals surface area contributed by atoms with Gasteiger partial charge >= 0.3 is 0 Å². The molecule has 7 heteroatoms. The van der Waals surface area contributed by atoms with E-state index < -0.39 is 0 Å². The molecule has 1 amide bonds. The monoisotopic (exact) mass is 410 g/mol. The van der Waals surface area contributed by atoms with Crippen molar-refractivity contribution in [2.45, 2.75) is 32.2 Å². The third-order valence-electron chi connectivity index (χ3n) is 4.88. The number of halogens is 2. The fraction of sp³-hybridized carbons (Fsp3) is 0.227. The molecule has 29 heavy (non-hydrogen) atoms. The number of amides is 1. The summed E-state index contributed by atoms with van der Waals surface area (Å²) < 4.78 is 15.1. The van der Waals surface area contributed by atoms with Crippen LogP contribution < -0.4 is 5.32 Å². The summed E-state index contributed by atoms with van der Waals surface area (Å²) in [6.07, 6.45) is 7.32. The Labute approximate surface area is 173 Å². The zero-order valence-electron chi connectivity index (χ0n) is 15.7. The molecule has 3 aromatic rings. The van der Waals surface area contributed by atoms with Gasteiger partial charge in [-0.25, -0.2) is 4.39 Å². The number of carbonyl (C=O) groups excluding carboxylic acids is 1. The van der Waals surface area contributed by atoms with E-state index >= 15 is 0 Å². The summed E-state index contributed by atoms with van der Waals surface area (Å²) in [6, 6.07) is 11.2. The standard InChI is InChI=1S/C22H20ClFN4O/c23-19-11-10-17(25-21(29)12-7-15-5-8-16(24)9-6-15)14-18(19)22-27-26-20-4-2-1-3-13-28(20)22/h5-12,14H,1-4,13H2,(H,25,29)/b12-7+. The van der Waals surface area contributed by atoms with E-state index in [0.29, 0.717) is 10.7 Å². The lowest BCUT2D eigenvalue weighted by molar-refractivity contribution is -0.111. The van der Waals surface area contributed by atoms with E-state index in [1.54, 1.807) is 30.3 Å². The van der Waals surface area contributed by atoms with E-state index in [1.165, 1.54) is 24.6 Å². The van der Waals surface area contributed by atoms with Gasteiger partial charge in [0.1, 0.15) is 11.6 Å². The molecular weight excluding hydrogens is 391 g/mol.